The molecular formula is C26H24N4O2S. The number of thiocarbonyl (C=S) groups is 1. The second kappa shape index (κ2) is 8.96. The Morgan fingerprint density at radius 2 is 1.48 bits per heavy atom. The lowest BCUT2D eigenvalue weighted by Crippen LogP contribution is -2.30. The first-order chi connectivity index (χ1) is 16.2. The quantitative estimate of drug-likeness (QED) is 0.409. The molecule has 6 nitrogen and oxygen atoms in total. The lowest BCUT2D eigenvalue weighted by molar-refractivity contribution is 0.411. The maximum absolute atomic E-state index is 5.86. The lowest BCUT2D eigenvalue weighted by atomic mass is 10.0. The highest BCUT2D eigenvalue weighted by Gasteiger charge is 2.43. The van der Waals surface area contributed by atoms with Crippen LogP contribution in [0.4, 0.5) is 5.69 Å². The van der Waals surface area contributed by atoms with Crippen molar-refractivity contribution < 1.29 is 9.47 Å². The molecule has 166 valence electrons. The zero-order chi connectivity index (χ0) is 22.8. The van der Waals surface area contributed by atoms with Gasteiger partial charge in [-0.25, -0.2) is 0 Å². The summed E-state index contributed by atoms with van der Waals surface area (Å²) in [6, 6.07) is 25.7. The number of benzene rings is 2. The van der Waals surface area contributed by atoms with Crippen LogP contribution >= 0.6 is 12.2 Å². The topological polar surface area (TPSA) is 51.5 Å². The van der Waals surface area contributed by atoms with Gasteiger partial charge in [-0.05, 0) is 60.7 Å². The molecule has 0 saturated carbocycles. The number of pyridine rings is 1. The highest BCUT2D eigenvalue weighted by Crippen LogP contribution is 2.45. The third kappa shape index (κ3) is 3.70. The third-order valence-corrected chi connectivity index (χ3v) is 6.19. The van der Waals surface area contributed by atoms with E-state index in [9.17, 15) is 0 Å². The minimum atomic E-state index is -0.177. The zero-order valence-corrected chi connectivity index (χ0v) is 19.2. The van der Waals surface area contributed by atoms with Crippen molar-refractivity contribution in [1.29, 1.82) is 0 Å². The molecule has 7 heteroatoms. The molecule has 1 aliphatic heterocycles. The van der Waals surface area contributed by atoms with Gasteiger partial charge in [-0.15, -0.1) is 0 Å². The van der Waals surface area contributed by atoms with Gasteiger partial charge in [-0.1, -0.05) is 30.3 Å². The van der Waals surface area contributed by atoms with Gasteiger partial charge in [-0.2, -0.15) is 0 Å². The molecule has 1 aliphatic rings. The van der Waals surface area contributed by atoms with Gasteiger partial charge in [-0.3, -0.25) is 4.98 Å². The van der Waals surface area contributed by atoms with E-state index in [1.807, 2.05) is 85.2 Å². The van der Waals surface area contributed by atoms with Gasteiger partial charge in [0.25, 0.3) is 0 Å². The standard InChI is InChI=1S/C26H24N4O2S/c1-31-22-14-5-3-11-19(22)29-17-9-13-21(29)25-24(18-10-7-8-16-27-18)28-26(33)30(25)20-12-4-6-15-23(20)32-2/h3-17,24-25H,1-2H3,(H,28,33)/t24-,25+/m0/s1. The van der Waals surface area contributed by atoms with E-state index in [0.29, 0.717) is 5.11 Å². The zero-order valence-electron chi connectivity index (χ0n) is 18.4. The number of nitrogens with zero attached hydrogens (tertiary/aromatic N) is 3. The molecule has 0 radical (unpaired) electrons. The highest BCUT2D eigenvalue weighted by atomic mass is 32.1. The largest absolute Gasteiger partial charge is 0.495 e. The predicted octanol–water partition coefficient (Wildman–Crippen LogP) is 5.07. The first kappa shape index (κ1) is 21.0. The van der Waals surface area contributed by atoms with Crippen molar-refractivity contribution in [3.63, 3.8) is 0 Å². The second-order valence-corrected chi connectivity index (χ2v) is 8.03. The Kier molecular flexibility index (Phi) is 5.71. The molecule has 1 N–H and O–H groups in total. The summed E-state index contributed by atoms with van der Waals surface area (Å²) in [6.45, 7) is 0. The molecule has 5 rings (SSSR count). The maximum Gasteiger partial charge on any atom is 0.174 e. The molecule has 4 aromatic rings. The van der Waals surface area contributed by atoms with Crippen molar-refractivity contribution in [2.45, 2.75) is 12.1 Å². The molecule has 0 amide bonds. The van der Waals surface area contributed by atoms with Gasteiger partial charge in [0.1, 0.15) is 17.5 Å². The molecule has 33 heavy (non-hydrogen) atoms. The minimum absolute atomic E-state index is 0.160. The number of hydrogen-bond acceptors (Lipinski definition) is 4. The summed E-state index contributed by atoms with van der Waals surface area (Å²) in [5.74, 6) is 1.55. The van der Waals surface area contributed by atoms with E-state index in [1.165, 1.54) is 0 Å². The first-order valence-corrected chi connectivity index (χ1v) is 11.1. The fraction of sp³-hybridized carbons (Fsp3) is 0.154. The molecule has 1 saturated heterocycles. The van der Waals surface area contributed by atoms with Gasteiger partial charge in [0.2, 0.25) is 0 Å². The van der Waals surface area contributed by atoms with Gasteiger partial charge in [0, 0.05) is 18.1 Å². The van der Waals surface area contributed by atoms with Gasteiger partial charge in [0.05, 0.1) is 37.3 Å². The molecule has 0 unspecified atom stereocenters. The SMILES string of the molecule is COc1ccccc1N1C(=S)N[C@@H](c2ccccn2)[C@H]1c1cccn1-c1ccccc1OC. The summed E-state index contributed by atoms with van der Waals surface area (Å²) >= 11 is 5.86. The Hall–Kier alpha value is -3.84. The van der Waals surface area contributed by atoms with Crippen LogP contribution < -0.4 is 19.7 Å². The van der Waals surface area contributed by atoms with Crippen LogP contribution in [-0.2, 0) is 0 Å². The third-order valence-electron chi connectivity index (χ3n) is 5.87. The fourth-order valence-electron chi connectivity index (χ4n) is 4.43. The van der Waals surface area contributed by atoms with Crippen molar-refractivity contribution in [2.75, 3.05) is 19.1 Å². The number of methoxy groups -OCH3 is 2. The van der Waals surface area contributed by atoms with Crippen LogP contribution in [0.3, 0.4) is 0 Å². The number of rotatable bonds is 6. The molecule has 0 aliphatic carbocycles. The van der Waals surface area contributed by atoms with E-state index >= 15 is 0 Å². The Balaban J connectivity index is 1.71. The molecule has 2 atom stereocenters. The van der Waals surface area contributed by atoms with Crippen LogP contribution in [0.2, 0.25) is 0 Å². The summed E-state index contributed by atoms with van der Waals surface area (Å²) in [6.07, 6.45) is 3.85. The van der Waals surface area contributed by atoms with Crippen molar-refractivity contribution in [2.24, 2.45) is 0 Å². The predicted molar refractivity (Wildman–Crippen MR) is 133 cm³/mol. The Bertz CT molecular complexity index is 1270. The Morgan fingerprint density at radius 3 is 2.18 bits per heavy atom. The van der Waals surface area contributed by atoms with Crippen LogP contribution in [-0.4, -0.2) is 28.9 Å². The number of nitrogens with one attached hydrogen (secondary N) is 1. The smallest absolute Gasteiger partial charge is 0.174 e. The summed E-state index contributed by atoms with van der Waals surface area (Å²) in [5, 5.41) is 4.13. The van der Waals surface area contributed by atoms with E-state index in [1.54, 1.807) is 14.2 Å². The number of ether oxygens (including phenoxy) is 2. The number of para-hydroxylation sites is 4. The molecule has 2 aromatic carbocycles. The van der Waals surface area contributed by atoms with Crippen molar-refractivity contribution >= 4 is 23.0 Å². The van der Waals surface area contributed by atoms with Crippen LogP contribution in [0.5, 0.6) is 11.5 Å². The average Bonchev–Trinajstić information content (AvgIpc) is 3.48. The van der Waals surface area contributed by atoms with Crippen LogP contribution in [0.1, 0.15) is 23.5 Å². The first-order valence-electron chi connectivity index (χ1n) is 10.7. The van der Waals surface area contributed by atoms with E-state index in [4.69, 9.17) is 21.7 Å². The van der Waals surface area contributed by atoms with Gasteiger partial charge < -0.3 is 24.3 Å². The lowest BCUT2D eigenvalue weighted by Gasteiger charge is -2.30. The fourth-order valence-corrected chi connectivity index (χ4v) is 4.77. The molecule has 1 fully saturated rings. The molecule has 0 spiro atoms. The van der Waals surface area contributed by atoms with Crippen LogP contribution in [0, 0.1) is 0 Å². The summed E-state index contributed by atoms with van der Waals surface area (Å²) in [5.41, 5.74) is 3.81. The van der Waals surface area contributed by atoms with Crippen LogP contribution in [0.15, 0.2) is 91.3 Å². The van der Waals surface area contributed by atoms with Crippen LogP contribution in [0.25, 0.3) is 5.69 Å². The molecule has 0 bridgehead atoms. The molecule has 3 heterocycles. The Labute approximate surface area is 198 Å². The van der Waals surface area contributed by atoms with E-state index in [2.05, 4.69) is 25.8 Å². The molecular weight excluding hydrogens is 432 g/mol. The van der Waals surface area contributed by atoms with Crippen molar-refractivity contribution in [3.8, 4) is 17.2 Å². The summed E-state index contributed by atoms with van der Waals surface area (Å²) in [4.78, 5) is 6.77. The average molecular weight is 457 g/mol. The van der Waals surface area contributed by atoms with E-state index in [0.717, 1.165) is 34.3 Å². The Morgan fingerprint density at radius 1 is 0.818 bits per heavy atom. The minimum Gasteiger partial charge on any atom is -0.495 e. The van der Waals surface area contributed by atoms with Crippen molar-refractivity contribution in [3.05, 3.63) is 103 Å². The van der Waals surface area contributed by atoms with Crippen molar-refractivity contribution in [1.82, 2.24) is 14.9 Å². The van der Waals surface area contributed by atoms with Gasteiger partial charge in [0.15, 0.2) is 5.11 Å². The normalized spacial score (nSPS) is 17.6. The maximum atomic E-state index is 5.86. The summed E-state index contributed by atoms with van der Waals surface area (Å²) < 4.78 is 13.5. The highest BCUT2D eigenvalue weighted by molar-refractivity contribution is 7.80. The number of aromatic nitrogens is 2. The summed E-state index contributed by atoms with van der Waals surface area (Å²) in [7, 11) is 3.36. The van der Waals surface area contributed by atoms with E-state index < -0.39 is 0 Å². The monoisotopic (exact) mass is 456 g/mol. The number of hydrogen-bond donors (Lipinski definition) is 1. The van der Waals surface area contributed by atoms with E-state index in [-0.39, 0.29) is 12.1 Å². The second-order valence-electron chi connectivity index (χ2n) is 7.64. The number of anilines is 1. The molecule has 2 aromatic heterocycles. The van der Waals surface area contributed by atoms with Gasteiger partial charge >= 0.3 is 0 Å².